The van der Waals surface area contributed by atoms with Crippen molar-refractivity contribution in [1.82, 2.24) is 4.90 Å². The number of amides is 1. The Balaban J connectivity index is 1.82. The van der Waals surface area contributed by atoms with Crippen LogP contribution in [0.2, 0.25) is 0 Å². The first-order valence-corrected chi connectivity index (χ1v) is 12.8. The Labute approximate surface area is 228 Å². The molecule has 1 heterocycles. The van der Waals surface area contributed by atoms with E-state index in [2.05, 4.69) is 0 Å². The van der Waals surface area contributed by atoms with Crippen LogP contribution in [0.4, 0.5) is 0 Å². The van der Waals surface area contributed by atoms with Gasteiger partial charge in [0.05, 0.1) is 38.5 Å². The predicted octanol–water partition coefficient (Wildman–Crippen LogP) is 5.46. The van der Waals surface area contributed by atoms with Gasteiger partial charge in [-0.1, -0.05) is 38.1 Å². The summed E-state index contributed by atoms with van der Waals surface area (Å²) < 4.78 is 16.8. The predicted molar refractivity (Wildman–Crippen MR) is 147 cm³/mol. The minimum Gasteiger partial charge on any atom is -0.507 e. The lowest BCUT2D eigenvalue weighted by Gasteiger charge is -2.26. The van der Waals surface area contributed by atoms with Gasteiger partial charge in [-0.25, -0.2) is 0 Å². The Hall–Kier alpha value is -4.46. The largest absolute Gasteiger partial charge is 0.507 e. The van der Waals surface area contributed by atoms with Gasteiger partial charge in [-0.05, 0) is 60.9 Å². The number of Topliss-reactive ketones (excluding diaryl/α,β-unsaturated/α-hetero) is 1. The number of hydrogen-bond acceptors (Lipinski definition) is 7. The quantitative estimate of drug-likeness (QED) is 0.203. The van der Waals surface area contributed by atoms with E-state index in [9.17, 15) is 19.8 Å². The zero-order valence-electron chi connectivity index (χ0n) is 22.5. The molecule has 0 radical (unpaired) electrons. The summed E-state index contributed by atoms with van der Waals surface area (Å²) in [4.78, 5) is 28.2. The van der Waals surface area contributed by atoms with Crippen LogP contribution in [0.5, 0.6) is 23.0 Å². The van der Waals surface area contributed by atoms with Gasteiger partial charge in [0, 0.05) is 11.1 Å². The summed E-state index contributed by atoms with van der Waals surface area (Å²) in [5, 5.41) is 21.7. The van der Waals surface area contributed by atoms with Crippen molar-refractivity contribution < 1.29 is 34.0 Å². The van der Waals surface area contributed by atoms with Gasteiger partial charge in [0.1, 0.15) is 17.3 Å². The number of hydrogen-bond donors (Lipinski definition) is 2. The number of phenols is 1. The number of phenolic OH excluding ortho intramolecular Hbond substituents is 1. The number of ketones is 1. The standard InChI is InChI=1S/C31H33NO7/c1-5-38-26-16-21(12-15-24(26)33)28-27(29(34)20-10-13-23(14-11-20)39-18-19(2)3)30(35)31(36)32(28)17-22-8-6-7-9-25(22)37-4/h6-16,19,28,33-34H,5,17-18H2,1-4H3/b29-27-. The number of rotatable bonds is 10. The van der Waals surface area contributed by atoms with Crippen LogP contribution in [0.25, 0.3) is 5.76 Å². The first-order chi connectivity index (χ1) is 18.7. The molecule has 1 unspecified atom stereocenters. The number of nitrogens with zero attached hydrogens (tertiary/aromatic N) is 1. The van der Waals surface area contributed by atoms with E-state index in [1.807, 2.05) is 32.0 Å². The van der Waals surface area contributed by atoms with Crippen LogP contribution in [0, 0.1) is 5.92 Å². The van der Waals surface area contributed by atoms with Crippen LogP contribution in [0.3, 0.4) is 0 Å². The molecule has 4 rings (SSSR count). The Morgan fingerprint density at radius 1 is 0.974 bits per heavy atom. The number of methoxy groups -OCH3 is 1. The zero-order chi connectivity index (χ0) is 28.1. The Kier molecular flexibility index (Phi) is 8.44. The number of carbonyl (C=O) groups excluding carboxylic acids is 2. The van der Waals surface area contributed by atoms with E-state index < -0.39 is 17.7 Å². The number of aliphatic hydroxyl groups excluding tert-OH is 1. The van der Waals surface area contributed by atoms with E-state index in [0.29, 0.717) is 47.3 Å². The second kappa shape index (κ2) is 11.9. The summed E-state index contributed by atoms with van der Waals surface area (Å²) in [6, 6.07) is 17.7. The highest BCUT2D eigenvalue weighted by Gasteiger charge is 2.46. The number of para-hydroxylation sites is 1. The maximum absolute atomic E-state index is 13.4. The minimum atomic E-state index is -0.938. The summed E-state index contributed by atoms with van der Waals surface area (Å²) in [7, 11) is 1.54. The summed E-state index contributed by atoms with van der Waals surface area (Å²) in [5.41, 5.74) is 1.51. The summed E-state index contributed by atoms with van der Waals surface area (Å²) >= 11 is 0. The van der Waals surface area contributed by atoms with Crippen LogP contribution in [-0.4, -0.2) is 47.1 Å². The summed E-state index contributed by atoms with van der Waals surface area (Å²) in [6.07, 6.45) is 0. The number of aliphatic hydroxyl groups is 1. The number of benzene rings is 3. The van der Waals surface area contributed by atoms with E-state index in [0.717, 1.165) is 0 Å². The van der Waals surface area contributed by atoms with Crippen molar-refractivity contribution in [3.63, 3.8) is 0 Å². The second-order valence-electron chi connectivity index (χ2n) is 9.63. The van der Waals surface area contributed by atoms with E-state index in [-0.39, 0.29) is 29.4 Å². The van der Waals surface area contributed by atoms with Crippen LogP contribution < -0.4 is 14.2 Å². The van der Waals surface area contributed by atoms with Gasteiger partial charge >= 0.3 is 0 Å². The first-order valence-electron chi connectivity index (χ1n) is 12.8. The molecule has 1 aliphatic heterocycles. The van der Waals surface area contributed by atoms with E-state index in [4.69, 9.17) is 14.2 Å². The third-order valence-corrected chi connectivity index (χ3v) is 6.38. The smallest absolute Gasteiger partial charge is 0.295 e. The van der Waals surface area contributed by atoms with Crippen LogP contribution in [0.15, 0.2) is 72.3 Å². The van der Waals surface area contributed by atoms with Crippen LogP contribution in [-0.2, 0) is 16.1 Å². The van der Waals surface area contributed by atoms with Crippen molar-refractivity contribution in [3.05, 3.63) is 89.0 Å². The molecule has 2 N–H and O–H groups in total. The van der Waals surface area contributed by atoms with Gasteiger partial charge in [-0.3, -0.25) is 9.59 Å². The Morgan fingerprint density at radius 3 is 2.36 bits per heavy atom. The third kappa shape index (κ3) is 5.85. The average Bonchev–Trinajstić information content (AvgIpc) is 3.18. The van der Waals surface area contributed by atoms with Gasteiger partial charge < -0.3 is 29.3 Å². The van der Waals surface area contributed by atoms with Crippen molar-refractivity contribution in [3.8, 4) is 23.0 Å². The topological polar surface area (TPSA) is 106 Å². The molecule has 0 bridgehead atoms. The van der Waals surface area contributed by atoms with Crippen molar-refractivity contribution in [2.75, 3.05) is 20.3 Å². The second-order valence-corrected chi connectivity index (χ2v) is 9.63. The molecule has 0 saturated carbocycles. The molecule has 0 aromatic heterocycles. The van der Waals surface area contributed by atoms with E-state index >= 15 is 0 Å². The van der Waals surface area contributed by atoms with Crippen molar-refractivity contribution >= 4 is 17.4 Å². The molecule has 1 aliphatic rings. The molecule has 1 atom stereocenters. The fourth-order valence-electron chi connectivity index (χ4n) is 4.51. The first kappa shape index (κ1) is 27.6. The van der Waals surface area contributed by atoms with E-state index in [1.54, 1.807) is 49.4 Å². The molecule has 204 valence electrons. The monoisotopic (exact) mass is 531 g/mol. The molecule has 39 heavy (non-hydrogen) atoms. The van der Waals surface area contributed by atoms with Crippen molar-refractivity contribution in [2.24, 2.45) is 5.92 Å². The molecule has 8 nitrogen and oxygen atoms in total. The van der Waals surface area contributed by atoms with E-state index in [1.165, 1.54) is 18.1 Å². The molecule has 3 aromatic rings. The molecular formula is C31H33NO7. The highest BCUT2D eigenvalue weighted by atomic mass is 16.5. The summed E-state index contributed by atoms with van der Waals surface area (Å²) in [5.74, 6) is -0.173. The number of carbonyl (C=O) groups is 2. The lowest BCUT2D eigenvalue weighted by Crippen LogP contribution is -2.29. The molecule has 3 aromatic carbocycles. The molecule has 0 aliphatic carbocycles. The minimum absolute atomic E-state index is 0.0566. The molecule has 1 saturated heterocycles. The Bertz CT molecular complexity index is 1380. The van der Waals surface area contributed by atoms with Crippen LogP contribution >= 0.6 is 0 Å². The normalized spacial score (nSPS) is 16.5. The maximum atomic E-state index is 13.4. The molecule has 1 fully saturated rings. The van der Waals surface area contributed by atoms with Gasteiger partial charge in [-0.15, -0.1) is 0 Å². The highest BCUT2D eigenvalue weighted by Crippen LogP contribution is 2.43. The number of aromatic hydroxyl groups is 1. The molecule has 8 heteroatoms. The Morgan fingerprint density at radius 2 is 1.69 bits per heavy atom. The third-order valence-electron chi connectivity index (χ3n) is 6.38. The van der Waals surface area contributed by atoms with Gasteiger partial charge in [0.15, 0.2) is 11.5 Å². The maximum Gasteiger partial charge on any atom is 0.295 e. The van der Waals surface area contributed by atoms with Crippen LogP contribution in [0.1, 0.15) is 43.5 Å². The average molecular weight is 532 g/mol. The molecule has 1 amide bonds. The van der Waals surface area contributed by atoms with Crippen molar-refractivity contribution in [1.29, 1.82) is 0 Å². The highest BCUT2D eigenvalue weighted by molar-refractivity contribution is 6.46. The fourth-order valence-corrected chi connectivity index (χ4v) is 4.51. The number of ether oxygens (including phenoxy) is 3. The van der Waals surface area contributed by atoms with Gasteiger partial charge in [0.25, 0.3) is 11.7 Å². The SMILES string of the molecule is CCOc1cc(C2/C(=C(/O)c3ccc(OCC(C)C)cc3)C(=O)C(=O)N2Cc2ccccc2OC)ccc1O. The number of likely N-dealkylation sites (tertiary alicyclic amines) is 1. The molecule has 0 spiro atoms. The summed E-state index contributed by atoms with van der Waals surface area (Å²) in [6.45, 7) is 6.79. The zero-order valence-corrected chi connectivity index (χ0v) is 22.5. The van der Waals surface area contributed by atoms with Crippen molar-refractivity contribution in [2.45, 2.75) is 33.4 Å². The molecular weight excluding hydrogens is 498 g/mol. The van der Waals surface area contributed by atoms with Gasteiger partial charge in [-0.2, -0.15) is 0 Å². The lowest BCUT2D eigenvalue weighted by molar-refractivity contribution is -0.140. The van der Waals surface area contributed by atoms with Gasteiger partial charge in [0.2, 0.25) is 0 Å². The lowest BCUT2D eigenvalue weighted by atomic mass is 9.94. The fraction of sp³-hybridized carbons (Fsp3) is 0.290.